The second-order valence-corrected chi connectivity index (χ2v) is 7.21. The second kappa shape index (κ2) is 7.14. The minimum Gasteiger partial charge on any atom is -0.378 e. The van der Waals surface area contributed by atoms with E-state index in [2.05, 4.69) is 57.5 Å². The van der Waals surface area contributed by atoms with Crippen molar-refractivity contribution in [2.24, 2.45) is 0 Å². The van der Waals surface area contributed by atoms with E-state index in [0.29, 0.717) is 18.1 Å². The number of morpholine rings is 1. The number of benzene rings is 1. The van der Waals surface area contributed by atoms with E-state index < -0.39 is 0 Å². The fourth-order valence-electron chi connectivity index (χ4n) is 3.88. The van der Waals surface area contributed by atoms with Crippen LogP contribution in [0, 0.1) is 0 Å². The summed E-state index contributed by atoms with van der Waals surface area (Å²) in [6.45, 7) is 7.94. The quantitative estimate of drug-likeness (QED) is 0.894. The summed E-state index contributed by atoms with van der Waals surface area (Å²) >= 11 is 0. The second-order valence-electron chi connectivity index (χ2n) is 7.21. The van der Waals surface area contributed by atoms with Crippen molar-refractivity contribution < 1.29 is 4.74 Å². The first-order chi connectivity index (χ1) is 12.2. The molecule has 0 spiro atoms. The van der Waals surface area contributed by atoms with E-state index in [1.165, 1.54) is 12.1 Å². The van der Waals surface area contributed by atoms with Gasteiger partial charge in [-0.1, -0.05) is 0 Å². The maximum Gasteiger partial charge on any atom is 0.137 e. The maximum absolute atomic E-state index is 5.47. The Labute approximate surface area is 149 Å². The van der Waals surface area contributed by atoms with Crippen LogP contribution in [0.4, 0.5) is 11.5 Å². The highest BCUT2D eigenvalue weighted by atomic mass is 16.5. The summed E-state index contributed by atoms with van der Waals surface area (Å²) in [7, 11) is 0. The summed E-state index contributed by atoms with van der Waals surface area (Å²) in [6, 6.07) is 7.86. The summed E-state index contributed by atoms with van der Waals surface area (Å²) in [6.07, 6.45) is 4.00. The van der Waals surface area contributed by atoms with E-state index in [9.17, 15) is 0 Å². The molecule has 3 heterocycles. The Morgan fingerprint density at radius 2 is 2.00 bits per heavy atom. The van der Waals surface area contributed by atoms with E-state index in [-0.39, 0.29) is 0 Å². The average Bonchev–Trinajstić information content (AvgIpc) is 2.64. The minimum absolute atomic E-state index is 0.390. The van der Waals surface area contributed by atoms with Gasteiger partial charge in [0.1, 0.15) is 12.1 Å². The molecular formula is C19H27N5O. The number of piperidine rings is 1. The van der Waals surface area contributed by atoms with Crippen molar-refractivity contribution in [2.45, 2.75) is 44.8 Å². The van der Waals surface area contributed by atoms with Crippen molar-refractivity contribution in [3.63, 3.8) is 0 Å². The van der Waals surface area contributed by atoms with Gasteiger partial charge in [0.25, 0.3) is 0 Å². The topological polar surface area (TPSA) is 62.3 Å². The lowest BCUT2D eigenvalue weighted by atomic mass is 9.95. The van der Waals surface area contributed by atoms with Gasteiger partial charge in [-0.25, -0.2) is 9.97 Å². The van der Waals surface area contributed by atoms with Gasteiger partial charge in [-0.15, -0.1) is 0 Å². The highest BCUT2D eigenvalue weighted by Crippen LogP contribution is 2.27. The van der Waals surface area contributed by atoms with Crippen LogP contribution in [0.2, 0.25) is 0 Å². The molecule has 6 nitrogen and oxygen atoms in total. The van der Waals surface area contributed by atoms with Gasteiger partial charge in [-0.05, 0) is 44.9 Å². The first-order valence-electron chi connectivity index (χ1n) is 9.31. The molecule has 0 bridgehead atoms. The van der Waals surface area contributed by atoms with Gasteiger partial charge in [0.05, 0.1) is 18.7 Å². The Morgan fingerprint density at radius 1 is 1.16 bits per heavy atom. The molecule has 3 atom stereocenters. The number of fused-ring (bicyclic) bond motifs is 1. The van der Waals surface area contributed by atoms with Crippen LogP contribution in [0.15, 0.2) is 24.5 Å². The van der Waals surface area contributed by atoms with Gasteiger partial charge in [0.2, 0.25) is 0 Å². The van der Waals surface area contributed by atoms with Crippen LogP contribution in [0.5, 0.6) is 0 Å². The normalized spacial score (nSPS) is 27.4. The number of nitrogens with zero attached hydrogens (tertiary/aromatic N) is 3. The zero-order chi connectivity index (χ0) is 17.2. The summed E-state index contributed by atoms with van der Waals surface area (Å²) in [5.74, 6) is 0.938. The number of nitrogens with one attached hydrogen (secondary N) is 2. The number of anilines is 2. The van der Waals surface area contributed by atoms with Crippen LogP contribution in [0.3, 0.4) is 0 Å². The van der Waals surface area contributed by atoms with E-state index >= 15 is 0 Å². The van der Waals surface area contributed by atoms with Crippen LogP contribution >= 0.6 is 0 Å². The van der Waals surface area contributed by atoms with Gasteiger partial charge >= 0.3 is 0 Å². The number of rotatable bonds is 3. The fraction of sp³-hybridized carbons (Fsp3) is 0.579. The fourth-order valence-corrected chi connectivity index (χ4v) is 3.88. The molecule has 1 aromatic carbocycles. The highest BCUT2D eigenvalue weighted by molar-refractivity contribution is 5.91. The zero-order valence-corrected chi connectivity index (χ0v) is 15.0. The van der Waals surface area contributed by atoms with Crippen molar-refractivity contribution >= 4 is 22.4 Å². The smallest absolute Gasteiger partial charge is 0.137 e. The van der Waals surface area contributed by atoms with Crippen molar-refractivity contribution in [1.82, 2.24) is 15.3 Å². The third-order valence-electron chi connectivity index (χ3n) is 5.38. The molecule has 3 unspecified atom stereocenters. The van der Waals surface area contributed by atoms with E-state index in [1.54, 1.807) is 6.33 Å². The van der Waals surface area contributed by atoms with E-state index in [1.807, 2.05) is 0 Å². The Balaban J connectivity index is 1.61. The molecule has 2 N–H and O–H groups in total. The van der Waals surface area contributed by atoms with Gasteiger partial charge in [-0.2, -0.15) is 0 Å². The predicted octanol–water partition coefficient (Wildman–Crippen LogP) is 2.41. The van der Waals surface area contributed by atoms with Gasteiger partial charge in [0, 0.05) is 42.3 Å². The molecule has 0 aliphatic carbocycles. The lowest BCUT2D eigenvalue weighted by Gasteiger charge is -2.35. The van der Waals surface area contributed by atoms with Gasteiger partial charge < -0.3 is 20.3 Å². The molecule has 1 aromatic heterocycles. The minimum atomic E-state index is 0.390. The molecule has 2 aromatic rings. The highest BCUT2D eigenvalue weighted by Gasteiger charge is 2.25. The SMILES string of the molecule is CC1CCC(Nc2ncnc3ccc(N4CCOCC4)cc23)C(C)N1. The lowest BCUT2D eigenvalue weighted by molar-refractivity contribution is 0.122. The summed E-state index contributed by atoms with van der Waals surface area (Å²) in [5.41, 5.74) is 2.20. The summed E-state index contributed by atoms with van der Waals surface area (Å²) in [4.78, 5) is 11.4. The van der Waals surface area contributed by atoms with Crippen molar-refractivity contribution in [2.75, 3.05) is 36.5 Å². The monoisotopic (exact) mass is 341 g/mol. The molecule has 134 valence electrons. The van der Waals surface area contributed by atoms with E-state index in [4.69, 9.17) is 4.74 Å². The molecule has 6 heteroatoms. The number of hydrogen-bond donors (Lipinski definition) is 2. The molecule has 0 amide bonds. The molecule has 0 radical (unpaired) electrons. The maximum atomic E-state index is 5.47. The Kier molecular flexibility index (Phi) is 4.72. The van der Waals surface area contributed by atoms with E-state index in [0.717, 1.165) is 49.4 Å². The standard InChI is InChI=1S/C19H27N5O/c1-13-3-5-17(14(2)22-13)23-19-16-11-15(24-7-9-25-10-8-24)4-6-18(16)20-12-21-19/h4,6,11-14,17,22H,3,5,7-10H2,1-2H3,(H,20,21,23). The van der Waals surface area contributed by atoms with Crippen LogP contribution in [0.1, 0.15) is 26.7 Å². The lowest BCUT2D eigenvalue weighted by Crippen LogP contribution is -2.50. The third kappa shape index (κ3) is 3.55. The van der Waals surface area contributed by atoms with Crippen LogP contribution in [-0.2, 0) is 4.74 Å². The van der Waals surface area contributed by atoms with Crippen molar-refractivity contribution in [3.8, 4) is 0 Å². The summed E-state index contributed by atoms with van der Waals surface area (Å²) in [5, 5.41) is 8.39. The molecule has 2 aliphatic rings. The number of hydrogen-bond acceptors (Lipinski definition) is 6. The molecule has 0 saturated carbocycles. The Hall–Kier alpha value is -1.92. The number of aromatic nitrogens is 2. The molecule has 4 rings (SSSR count). The zero-order valence-electron chi connectivity index (χ0n) is 15.0. The average molecular weight is 341 g/mol. The van der Waals surface area contributed by atoms with Crippen LogP contribution in [0.25, 0.3) is 10.9 Å². The molecule has 2 aliphatic heterocycles. The van der Waals surface area contributed by atoms with Gasteiger partial charge in [-0.3, -0.25) is 0 Å². The molecule has 25 heavy (non-hydrogen) atoms. The third-order valence-corrected chi connectivity index (χ3v) is 5.38. The largest absolute Gasteiger partial charge is 0.378 e. The Bertz CT molecular complexity index is 731. The predicted molar refractivity (Wildman–Crippen MR) is 101 cm³/mol. The number of ether oxygens (including phenoxy) is 1. The van der Waals surface area contributed by atoms with Gasteiger partial charge in [0.15, 0.2) is 0 Å². The first-order valence-corrected chi connectivity index (χ1v) is 9.31. The molecular weight excluding hydrogens is 314 g/mol. The molecule has 2 saturated heterocycles. The Morgan fingerprint density at radius 3 is 2.80 bits per heavy atom. The van der Waals surface area contributed by atoms with Crippen molar-refractivity contribution in [1.29, 1.82) is 0 Å². The first kappa shape index (κ1) is 16.5. The van der Waals surface area contributed by atoms with Crippen LogP contribution < -0.4 is 15.5 Å². The molecule has 2 fully saturated rings. The van der Waals surface area contributed by atoms with Crippen molar-refractivity contribution in [3.05, 3.63) is 24.5 Å². The van der Waals surface area contributed by atoms with Crippen LogP contribution in [-0.4, -0.2) is 54.4 Å². The summed E-state index contributed by atoms with van der Waals surface area (Å²) < 4.78 is 5.47.